The van der Waals surface area contributed by atoms with E-state index in [2.05, 4.69) is 0 Å². The summed E-state index contributed by atoms with van der Waals surface area (Å²) < 4.78 is 5.37. The van der Waals surface area contributed by atoms with Gasteiger partial charge in [-0.3, -0.25) is 4.79 Å². The van der Waals surface area contributed by atoms with E-state index in [9.17, 15) is 4.79 Å². The first-order valence-electron chi connectivity index (χ1n) is 5.57. The van der Waals surface area contributed by atoms with Crippen LogP contribution in [-0.2, 0) is 9.53 Å². The molecule has 3 unspecified atom stereocenters. The average Bonchev–Trinajstić information content (AvgIpc) is 2.59. The fourth-order valence-corrected chi connectivity index (χ4v) is 1.83. The molecule has 0 aromatic rings. The molecule has 4 nitrogen and oxygen atoms in total. The van der Waals surface area contributed by atoms with Crippen LogP contribution in [0.25, 0.3) is 0 Å². The van der Waals surface area contributed by atoms with Crippen molar-refractivity contribution < 1.29 is 14.6 Å². The van der Waals surface area contributed by atoms with Crippen LogP contribution in [0.1, 0.15) is 26.7 Å². The largest absolute Gasteiger partial charge is 0.393 e. The topological polar surface area (TPSA) is 49.8 Å². The maximum absolute atomic E-state index is 11.9. The lowest BCUT2D eigenvalue weighted by atomic mass is 10.0. The maximum atomic E-state index is 11.9. The second-order valence-corrected chi connectivity index (χ2v) is 4.37. The average molecular weight is 215 g/mol. The molecule has 0 radical (unpaired) electrons. The quantitative estimate of drug-likeness (QED) is 0.748. The Bertz CT molecular complexity index is 218. The van der Waals surface area contributed by atoms with Crippen LogP contribution in [0.3, 0.4) is 0 Å². The van der Waals surface area contributed by atoms with Crippen molar-refractivity contribution in [3.05, 3.63) is 0 Å². The minimum atomic E-state index is -0.350. The fourth-order valence-electron chi connectivity index (χ4n) is 1.83. The van der Waals surface area contributed by atoms with Gasteiger partial charge in [-0.2, -0.15) is 0 Å². The summed E-state index contributed by atoms with van der Waals surface area (Å²) >= 11 is 0. The van der Waals surface area contributed by atoms with Crippen molar-refractivity contribution in [2.45, 2.75) is 38.9 Å². The first-order valence-corrected chi connectivity index (χ1v) is 5.57. The van der Waals surface area contributed by atoms with Gasteiger partial charge in [0.1, 0.15) is 0 Å². The number of carbonyl (C=O) groups excluding carboxylic acids is 1. The smallest absolute Gasteiger partial charge is 0.228 e. The predicted octanol–water partition coefficient (Wildman–Crippen LogP) is 0.641. The van der Waals surface area contributed by atoms with Gasteiger partial charge < -0.3 is 14.7 Å². The van der Waals surface area contributed by atoms with Gasteiger partial charge in [0.2, 0.25) is 5.91 Å². The third-order valence-corrected chi connectivity index (χ3v) is 2.95. The van der Waals surface area contributed by atoms with Gasteiger partial charge in [0, 0.05) is 20.2 Å². The summed E-state index contributed by atoms with van der Waals surface area (Å²) in [5, 5.41) is 9.14. The van der Waals surface area contributed by atoms with Gasteiger partial charge in [-0.05, 0) is 26.7 Å². The van der Waals surface area contributed by atoms with Crippen LogP contribution in [0.5, 0.6) is 0 Å². The molecule has 1 saturated heterocycles. The van der Waals surface area contributed by atoms with Crippen LogP contribution in [0.2, 0.25) is 0 Å². The van der Waals surface area contributed by atoms with E-state index < -0.39 is 0 Å². The van der Waals surface area contributed by atoms with Gasteiger partial charge in [0.15, 0.2) is 0 Å². The Morgan fingerprint density at radius 3 is 2.80 bits per heavy atom. The lowest BCUT2D eigenvalue weighted by Gasteiger charge is -2.23. The van der Waals surface area contributed by atoms with Gasteiger partial charge in [-0.25, -0.2) is 0 Å². The number of aliphatic hydroxyl groups excluding tert-OH is 1. The molecule has 1 fully saturated rings. The van der Waals surface area contributed by atoms with E-state index in [1.807, 2.05) is 6.92 Å². The molecular formula is C11H21NO3. The molecule has 1 N–H and O–H groups in total. The van der Waals surface area contributed by atoms with E-state index in [1.54, 1.807) is 18.9 Å². The summed E-state index contributed by atoms with van der Waals surface area (Å²) in [6.07, 6.45) is 1.13. The molecule has 1 rings (SSSR count). The third-order valence-electron chi connectivity index (χ3n) is 2.95. The number of nitrogens with zero attached hydrogens (tertiary/aromatic N) is 1. The second kappa shape index (κ2) is 5.47. The molecule has 4 heteroatoms. The molecule has 0 aliphatic carbocycles. The van der Waals surface area contributed by atoms with Gasteiger partial charge in [-0.15, -0.1) is 0 Å². The number of hydrogen-bond acceptors (Lipinski definition) is 3. The standard InChI is InChI=1S/C11H21NO3/c1-8(13)4-6-12(3)11(14)10-5-7-15-9(10)2/h8-10,13H,4-7H2,1-3H3. The van der Waals surface area contributed by atoms with E-state index in [0.29, 0.717) is 19.6 Å². The van der Waals surface area contributed by atoms with Crippen molar-refractivity contribution in [1.82, 2.24) is 4.90 Å². The Balaban J connectivity index is 2.38. The Morgan fingerprint density at radius 1 is 1.67 bits per heavy atom. The Hall–Kier alpha value is -0.610. The Labute approximate surface area is 91.2 Å². The highest BCUT2D eigenvalue weighted by atomic mass is 16.5. The first-order chi connectivity index (χ1) is 7.02. The molecule has 1 aliphatic heterocycles. The van der Waals surface area contributed by atoms with Crippen LogP contribution in [0.15, 0.2) is 0 Å². The lowest BCUT2D eigenvalue weighted by molar-refractivity contribution is -0.135. The van der Waals surface area contributed by atoms with Crippen molar-refractivity contribution in [2.75, 3.05) is 20.2 Å². The zero-order chi connectivity index (χ0) is 11.4. The Kier molecular flexibility index (Phi) is 4.54. The minimum Gasteiger partial charge on any atom is -0.393 e. The number of aliphatic hydroxyl groups is 1. The van der Waals surface area contributed by atoms with E-state index in [-0.39, 0.29) is 24.0 Å². The fraction of sp³-hybridized carbons (Fsp3) is 0.909. The SMILES string of the molecule is CC(O)CCN(C)C(=O)C1CCOC1C. The first kappa shape index (κ1) is 12.5. The summed E-state index contributed by atoms with van der Waals surface area (Å²) in [7, 11) is 1.79. The van der Waals surface area contributed by atoms with Crippen molar-refractivity contribution >= 4 is 5.91 Å². The molecule has 1 amide bonds. The molecule has 0 aromatic heterocycles. The highest BCUT2D eigenvalue weighted by Crippen LogP contribution is 2.22. The minimum absolute atomic E-state index is 0.00370. The number of hydrogen-bond donors (Lipinski definition) is 1. The number of ether oxygens (including phenoxy) is 1. The van der Waals surface area contributed by atoms with Crippen LogP contribution >= 0.6 is 0 Å². The molecule has 15 heavy (non-hydrogen) atoms. The van der Waals surface area contributed by atoms with Crippen LogP contribution in [-0.4, -0.2) is 48.3 Å². The molecule has 0 spiro atoms. The molecule has 1 heterocycles. The molecule has 1 aliphatic rings. The normalized spacial score (nSPS) is 27.7. The van der Waals surface area contributed by atoms with Gasteiger partial charge in [0.05, 0.1) is 18.1 Å². The number of carbonyl (C=O) groups is 1. The zero-order valence-electron chi connectivity index (χ0n) is 9.77. The van der Waals surface area contributed by atoms with Crippen molar-refractivity contribution in [3.63, 3.8) is 0 Å². The van der Waals surface area contributed by atoms with Crippen LogP contribution in [0, 0.1) is 5.92 Å². The summed E-state index contributed by atoms with van der Waals surface area (Å²) in [5.74, 6) is 0.143. The molecule has 0 bridgehead atoms. The summed E-state index contributed by atoms with van der Waals surface area (Å²) in [5.41, 5.74) is 0. The molecule has 3 atom stereocenters. The van der Waals surface area contributed by atoms with Crippen molar-refractivity contribution in [1.29, 1.82) is 0 Å². The van der Waals surface area contributed by atoms with Gasteiger partial charge in [-0.1, -0.05) is 0 Å². The van der Waals surface area contributed by atoms with E-state index in [0.717, 1.165) is 6.42 Å². The van der Waals surface area contributed by atoms with Gasteiger partial charge >= 0.3 is 0 Å². The van der Waals surface area contributed by atoms with Gasteiger partial charge in [0.25, 0.3) is 0 Å². The highest BCUT2D eigenvalue weighted by molar-refractivity contribution is 5.79. The van der Waals surface area contributed by atoms with Crippen molar-refractivity contribution in [3.8, 4) is 0 Å². The summed E-state index contributed by atoms with van der Waals surface area (Å²) in [6.45, 7) is 4.97. The van der Waals surface area contributed by atoms with E-state index in [1.165, 1.54) is 0 Å². The second-order valence-electron chi connectivity index (χ2n) is 4.37. The highest BCUT2D eigenvalue weighted by Gasteiger charge is 2.32. The van der Waals surface area contributed by atoms with E-state index >= 15 is 0 Å². The number of rotatable bonds is 4. The molecular weight excluding hydrogens is 194 g/mol. The predicted molar refractivity (Wildman–Crippen MR) is 57.5 cm³/mol. The van der Waals surface area contributed by atoms with Crippen LogP contribution in [0.4, 0.5) is 0 Å². The molecule has 88 valence electrons. The number of amides is 1. The molecule has 0 saturated carbocycles. The van der Waals surface area contributed by atoms with E-state index in [4.69, 9.17) is 9.84 Å². The van der Waals surface area contributed by atoms with Crippen LogP contribution < -0.4 is 0 Å². The maximum Gasteiger partial charge on any atom is 0.228 e. The third kappa shape index (κ3) is 3.47. The zero-order valence-corrected chi connectivity index (χ0v) is 9.77. The Morgan fingerprint density at radius 2 is 2.33 bits per heavy atom. The summed E-state index contributed by atoms with van der Waals surface area (Å²) in [4.78, 5) is 13.6. The lowest BCUT2D eigenvalue weighted by Crippen LogP contribution is -2.37. The summed E-state index contributed by atoms with van der Waals surface area (Å²) in [6, 6.07) is 0. The van der Waals surface area contributed by atoms with Crippen molar-refractivity contribution in [2.24, 2.45) is 5.92 Å². The monoisotopic (exact) mass is 215 g/mol. The molecule has 0 aromatic carbocycles.